The fourth-order valence-electron chi connectivity index (χ4n) is 2.93. The first-order chi connectivity index (χ1) is 12.2. The van der Waals surface area contributed by atoms with E-state index in [9.17, 15) is 22.8 Å². The lowest BCUT2D eigenvalue weighted by Crippen LogP contribution is -2.46. The number of thiophene rings is 1. The van der Waals surface area contributed by atoms with Crippen LogP contribution in [0.5, 0.6) is 0 Å². The summed E-state index contributed by atoms with van der Waals surface area (Å²) in [7, 11) is -3.11. The number of amides is 1. The maximum Gasteiger partial charge on any atom is 0.307 e. The summed E-state index contributed by atoms with van der Waals surface area (Å²) in [4.78, 5) is 38.4. The Balaban J connectivity index is 1.85. The number of carbonyl (C=O) groups is 3. The van der Waals surface area contributed by atoms with E-state index in [1.165, 1.54) is 23.2 Å². The van der Waals surface area contributed by atoms with Gasteiger partial charge in [-0.05, 0) is 31.7 Å². The van der Waals surface area contributed by atoms with Gasteiger partial charge in [0.1, 0.15) is 0 Å². The summed E-state index contributed by atoms with van der Waals surface area (Å²) in [5, 5.41) is 1.79. The summed E-state index contributed by atoms with van der Waals surface area (Å²) >= 11 is 1.31. The molecule has 0 bridgehead atoms. The third-order valence-corrected chi connectivity index (χ3v) is 6.94. The van der Waals surface area contributed by atoms with Crippen LogP contribution < -0.4 is 0 Å². The summed E-state index contributed by atoms with van der Waals surface area (Å²) in [5.41, 5.74) is 0. The molecule has 0 spiro atoms. The van der Waals surface area contributed by atoms with Crippen LogP contribution in [0.25, 0.3) is 0 Å². The number of esters is 1. The second kappa shape index (κ2) is 8.77. The average molecular weight is 402 g/mol. The molecule has 1 aliphatic rings. The summed E-state index contributed by atoms with van der Waals surface area (Å²) in [6.45, 7) is 3.57. The first-order valence-corrected chi connectivity index (χ1v) is 11.2. The monoisotopic (exact) mass is 401 g/mol. The van der Waals surface area contributed by atoms with Crippen LogP contribution in [0.3, 0.4) is 0 Å². The molecule has 2 heterocycles. The van der Waals surface area contributed by atoms with Gasteiger partial charge in [-0.1, -0.05) is 6.07 Å². The number of hydrogen-bond donors (Lipinski definition) is 0. The fourth-order valence-corrected chi connectivity index (χ4v) is 5.36. The van der Waals surface area contributed by atoms with Crippen molar-refractivity contribution in [2.45, 2.75) is 45.3 Å². The van der Waals surface area contributed by atoms with Gasteiger partial charge >= 0.3 is 5.97 Å². The SMILES string of the molecule is CCN(C(=O)C(C)OC(=O)CCC(=O)c1cccs1)C1CCS(=O)(=O)C1. The first-order valence-electron chi connectivity index (χ1n) is 8.50. The molecule has 26 heavy (non-hydrogen) atoms. The Hall–Kier alpha value is -1.74. The van der Waals surface area contributed by atoms with Crippen molar-refractivity contribution in [3.05, 3.63) is 22.4 Å². The van der Waals surface area contributed by atoms with Crippen LogP contribution in [0.15, 0.2) is 17.5 Å². The minimum atomic E-state index is -3.11. The van der Waals surface area contributed by atoms with Crippen molar-refractivity contribution in [3.8, 4) is 0 Å². The Labute approximate surface area is 157 Å². The molecule has 1 aliphatic heterocycles. The Morgan fingerprint density at radius 3 is 2.62 bits per heavy atom. The highest BCUT2D eigenvalue weighted by molar-refractivity contribution is 7.91. The normalized spacial score (nSPS) is 19.7. The van der Waals surface area contributed by atoms with E-state index in [1.807, 2.05) is 0 Å². The molecule has 2 unspecified atom stereocenters. The van der Waals surface area contributed by atoms with E-state index in [4.69, 9.17) is 4.74 Å². The standard InChI is InChI=1S/C17H23NO6S2/c1-3-18(13-8-10-26(22,23)11-13)17(21)12(2)24-16(20)7-6-14(19)15-5-4-9-25-15/h4-5,9,12-13H,3,6-8,10-11H2,1-2H3. The minimum absolute atomic E-state index is 0.0264. The number of ether oxygens (including phenoxy) is 1. The van der Waals surface area contributed by atoms with Crippen LogP contribution in [-0.2, 0) is 24.2 Å². The number of ketones is 1. The average Bonchev–Trinajstić information content (AvgIpc) is 3.23. The van der Waals surface area contributed by atoms with Crippen molar-refractivity contribution < 1.29 is 27.5 Å². The third kappa shape index (κ3) is 5.38. The molecule has 7 nitrogen and oxygen atoms in total. The van der Waals surface area contributed by atoms with Crippen molar-refractivity contribution in [1.29, 1.82) is 0 Å². The molecule has 2 atom stereocenters. The topological polar surface area (TPSA) is 97.8 Å². The second-order valence-electron chi connectivity index (χ2n) is 6.21. The van der Waals surface area contributed by atoms with Crippen molar-refractivity contribution in [3.63, 3.8) is 0 Å². The number of hydrogen-bond acceptors (Lipinski definition) is 7. The van der Waals surface area contributed by atoms with E-state index >= 15 is 0 Å². The van der Waals surface area contributed by atoms with Gasteiger partial charge in [0, 0.05) is 19.0 Å². The number of sulfone groups is 1. The molecule has 1 aromatic heterocycles. The first kappa shape index (κ1) is 20.6. The zero-order valence-electron chi connectivity index (χ0n) is 14.8. The molecule has 1 saturated heterocycles. The van der Waals surface area contributed by atoms with Gasteiger partial charge in [-0.25, -0.2) is 8.42 Å². The molecule has 9 heteroatoms. The fraction of sp³-hybridized carbons (Fsp3) is 0.588. The van der Waals surface area contributed by atoms with Crippen molar-refractivity contribution in [1.82, 2.24) is 4.90 Å². The molecular weight excluding hydrogens is 378 g/mol. The highest BCUT2D eigenvalue weighted by atomic mass is 32.2. The lowest BCUT2D eigenvalue weighted by Gasteiger charge is -2.29. The van der Waals surface area contributed by atoms with Crippen molar-refractivity contribution in [2.24, 2.45) is 0 Å². The zero-order chi connectivity index (χ0) is 19.3. The van der Waals surface area contributed by atoms with Crippen LogP contribution in [0.2, 0.25) is 0 Å². The maximum absolute atomic E-state index is 12.5. The highest BCUT2D eigenvalue weighted by Crippen LogP contribution is 2.19. The smallest absolute Gasteiger partial charge is 0.307 e. The molecule has 0 N–H and O–H groups in total. The second-order valence-corrected chi connectivity index (χ2v) is 9.39. The van der Waals surface area contributed by atoms with Crippen LogP contribution >= 0.6 is 11.3 Å². The molecule has 1 fully saturated rings. The predicted molar refractivity (Wildman–Crippen MR) is 97.9 cm³/mol. The molecule has 0 radical (unpaired) electrons. The van der Waals surface area contributed by atoms with Crippen molar-refractivity contribution >= 4 is 38.8 Å². The van der Waals surface area contributed by atoms with Gasteiger partial charge < -0.3 is 9.64 Å². The molecule has 1 aromatic rings. The Morgan fingerprint density at radius 1 is 1.35 bits per heavy atom. The van der Waals surface area contributed by atoms with Gasteiger partial charge in [-0.2, -0.15) is 0 Å². The van der Waals surface area contributed by atoms with Gasteiger partial charge in [0.25, 0.3) is 5.91 Å². The number of nitrogens with zero attached hydrogens (tertiary/aromatic N) is 1. The van der Waals surface area contributed by atoms with E-state index in [2.05, 4.69) is 0 Å². The number of carbonyl (C=O) groups excluding carboxylic acids is 3. The Kier molecular flexibility index (Phi) is 6.94. The summed E-state index contributed by atoms with van der Waals surface area (Å²) < 4.78 is 28.4. The Bertz CT molecular complexity index is 756. The molecule has 0 saturated carbocycles. The predicted octanol–water partition coefficient (Wildman–Crippen LogP) is 1.68. The quantitative estimate of drug-likeness (QED) is 0.486. The van der Waals surface area contributed by atoms with Crippen LogP contribution in [0.4, 0.5) is 0 Å². The van der Waals surface area contributed by atoms with Crippen LogP contribution in [0, 0.1) is 0 Å². The number of likely N-dealkylation sites (N-methyl/N-ethyl adjacent to an activating group) is 1. The van der Waals surface area contributed by atoms with E-state index in [0.717, 1.165) is 0 Å². The molecule has 144 valence electrons. The Morgan fingerprint density at radius 2 is 2.08 bits per heavy atom. The van der Waals surface area contributed by atoms with E-state index < -0.39 is 27.8 Å². The van der Waals surface area contributed by atoms with Gasteiger partial charge in [-0.15, -0.1) is 11.3 Å². The largest absolute Gasteiger partial charge is 0.453 e. The van der Waals surface area contributed by atoms with E-state index in [0.29, 0.717) is 17.8 Å². The van der Waals surface area contributed by atoms with Gasteiger partial charge in [-0.3, -0.25) is 14.4 Å². The summed E-state index contributed by atoms with van der Waals surface area (Å²) in [6.07, 6.45) is -0.683. The van der Waals surface area contributed by atoms with Gasteiger partial charge in [0.05, 0.1) is 22.8 Å². The van der Waals surface area contributed by atoms with Crippen LogP contribution in [-0.4, -0.2) is 61.2 Å². The molecule has 0 aromatic carbocycles. The lowest BCUT2D eigenvalue weighted by atomic mass is 10.2. The molecule has 0 aliphatic carbocycles. The lowest BCUT2D eigenvalue weighted by molar-refractivity contribution is -0.159. The molecule has 1 amide bonds. The van der Waals surface area contributed by atoms with Crippen LogP contribution in [0.1, 0.15) is 42.8 Å². The third-order valence-electron chi connectivity index (χ3n) is 4.28. The summed E-state index contributed by atoms with van der Waals surface area (Å²) in [6, 6.07) is 3.08. The van der Waals surface area contributed by atoms with Gasteiger partial charge in [0.2, 0.25) is 0 Å². The van der Waals surface area contributed by atoms with Gasteiger partial charge in [0.15, 0.2) is 21.7 Å². The maximum atomic E-state index is 12.5. The van der Waals surface area contributed by atoms with E-state index in [1.54, 1.807) is 24.4 Å². The van der Waals surface area contributed by atoms with E-state index in [-0.39, 0.29) is 36.2 Å². The minimum Gasteiger partial charge on any atom is -0.453 e. The zero-order valence-corrected chi connectivity index (χ0v) is 16.5. The molecular formula is C17H23NO6S2. The van der Waals surface area contributed by atoms with Crippen molar-refractivity contribution in [2.75, 3.05) is 18.1 Å². The number of rotatable bonds is 8. The summed E-state index contributed by atoms with van der Waals surface area (Å²) in [5.74, 6) is -1.15. The number of Topliss-reactive ketones (excluding diaryl/α,β-unsaturated/α-hetero) is 1. The molecule has 2 rings (SSSR count). The highest BCUT2D eigenvalue weighted by Gasteiger charge is 2.36.